The molecule has 1 amide bonds. The summed E-state index contributed by atoms with van der Waals surface area (Å²) in [6.45, 7) is 1.13. The van der Waals surface area contributed by atoms with Crippen molar-refractivity contribution in [3.05, 3.63) is 35.4 Å². The molecule has 0 spiro atoms. The van der Waals surface area contributed by atoms with Gasteiger partial charge in [-0.15, -0.1) is 6.42 Å². The predicted octanol–water partition coefficient (Wildman–Crippen LogP) is 0.739. The van der Waals surface area contributed by atoms with Crippen LogP contribution in [0.15, 0.2) is 24.3 Å². The van der Waals surface area contributed by atoms with Gasteiger partial charge in [0.05, 0.1) is 24.7 Å². The normalized spacial score (nSPS) is 9.56. The number of carbonyl (C=O) groups is 1. The van der Waals surface area contributed by atoms with Crippen LogP contribution in [0.4, 0.5) is 0 Å². The summed E-state index contributed by atoms with van der Waals surface area (Å²) in [7, 11) is 1.84. The molecule has 1 aromatic carbocycles. The van der Waals surface area contributed by atoms with Gasteiger partial charge in [0.15, 0.2) is 0 Å². The molecule has 4 nitrogen and oxygen atoms in total. The first-order chi connectivity index (χ1) is 8.65. The van der Waals surface area contributed by atoms with Crippen molar-refractivity contribution in [1.82, 2.24) is 10.2 Å². The van der Waals surface area contributed by atoms with Crippen LogP contribution in [0, 0.1) is 23.7 Å². The van der Waals surface area contributed by atoms with Crippen LogP contribution in [0.25, 0.3) is 0 Å². The highest BCUT2D eigenvalue weighted by molar-refractivity contribution is 5.78. The summed E-state index contributed by atoms with van der Waals surface area (Å²) >= 11 is 0. The molecule has 1 N–H and O–H groups in total. The maximum Gasteiger partial charge on any atom is 0.234 e. The number of terminal acetylenes is 1. The zero-order valence-electron chi connectivity index (χ0n) is 10.3. The molecule has 4 heteroatoms. The molecular formula is C14H15N3O. The molecule has 0 saturated heterocycles. The van der Waals surface area contributed by atoms with Gasteiger partial charge in [0.2, 0.25) is 5.91 Å². The second-order valence-corrected chi connectivity index (χ2v) is 3.97. The molecule has 0 aromatic heterocycles. The molecule has 1 rings (SSSR count). The second-order valence-electron chi connectivity index (χ2n) is 3.97. The first kappa shape index (κ1) is 13.8. The van der Waals surface area contributed by atoms with Crippen molar-refractivity contribution in [2.45, 2.75) is 6.54 Å². The standard InChI is InChI=1S/C14H15N3O/c1-3-7-16-14(18)11-17(2)10-13-6-4-5-12(8-13)9-15/h1,4-6,8H,7,10-11H2,2H3,(H,16,18). The number of hydrogen-bond donors (Lipinski definition) is 1. The van der Waals surface area contributed by atoms with Crippen molar-refractivity contribution >= 4 is 5.91 Å². The molecule has 0 atom stereocenters. The van der Waals surface area contributed by atoms with Gasteiger partial charge in [-0.3, -0.25) is 9.69 Å². The average molecular weight is 241 g/mol. The molecule has 0 unspecified atom stereocenters. The van der Waals surface area contributed by atoms with Gasteiger partial charge in [-0.25, -0.2) is 0 Å². The third-order valence-electron chi connectivity index (χ3n) is 2.31. The van der Waals surface area contributed by atoms with E-state index in [2.05, 4.69) is 17.3 Å². The fourth-order valence-electron chi connectivity index (χ4n) is 1.56. The largest absolute Gasteiger partial charge is 0.344 e. The van der Waals surface area contributed by atoms with Gasteiger partial charge < -0.3 is 5.32 Å². The summed E-state index contributed by atoms with van der Waals surface area (Å²) in [6, 6.07) is 9.42. The maximum absolute atomic E-state index is 11.4. The minimum absolute atomic E-state index is 0.105. The van der Waals surface area contributed by atoms with Crippen LogP contribution in [-0.4, -0.2) is 30.9 Å². The number of likely N-dealkylation sites (N-methyl/N-ethyl adjacent to an activating group) is 1. The van der Waals surface area contributed by atoms with E-state index in [4.69, 9.17) is 11.7 Å². The molecule has 18 heavy (non-hydrogen) atoms. The van der Waals surface area contributed by atoms with E-state index in [-0.39, 0.29) is 19.0 Å². The highest BCUT2D eigenvalue weighted by atomic mass is 16.1. The molecule has 0 fully saturated rings. The Labute approximate surface area is 107 Å². The topological polar surface area (TPSA) is 56.1 Å². The van der Waals surface area contributed by atoms with Gasteiger partial charge >= 0.3 is 0 Å². The van der Waals surface area contributed by atoms with E-state index in [9.17, 15) is 4.79 Å². The lowest BCUT2D eigenvalue weighted by molar-refractivity contribution is -0.121. The van der Waals surface area contributed by atoms with Crippen LogP contribution in [0.1, 0.15) is 11.1 Å². The molecule has 0 aliphatic rings. The Bertz CT molecular complexity index is 496. The second kappa shape index (κ2) is 7.11. The summed E-state index contributed by atoms with van der Waals surface area (Å²) in [4.78, 5) is 13.3. The molecule has 0 heterocycles. The SMILES string of the molecule is C#CCNC(=O)CN(C)Cc1cccc(C#N)c1. The number of nitriles is 1. The first-order valence-corrected chi connectivity index (χ1v) is 5.53. The Kier molecular flexibility index (Phi) is 5.44. The number of amides is 1. The van der Waals surface area contributed by atoms with Crippen LogP contribution in [0.5, 0.6) is 0 Å². The van der Waals surface area contributed by atoms with Crippen LogP contribution < -0.4 is 5.32 Å². The Balaban J connectivity index is 2.49. The Morgan fingerprint density at radius 1 is 1.56 bits per heavy atom. The fraction of sp³-hybridized carbons (Fsp3) is 0.286. The highest BCUT2D eigenvalue weighted by Gasteiger charge is 2.06. The zero-order chi connectivity index (χ0) is 13.4. The first-order valence-electron chi connectivity index (χ1n) is 5.53. The monoisotopic (exact) mass is 241 g/mol. The zero-order valence-corrected chi connectivity index (χ0v) is 10.3. The van der Waals surface area contributed by atoms with E-state index >= 15 is 0 Å². The van der Waals surface area contributed by atoms with Gasteiger partial charge in [-0.05, 0) is 24.7 Å². The lowest BCUT2D eigenvalue weighted by atomic mass is 10.1. The summed E-state index contributed by atoms with van der Waals surface area (Å²) in [6.07, 6.45) is 5.05. The smallest absolute Gasteiger partial charge is 0.234 e. The summed E-state index contributed by atoms with van der Waals surface area (Å²) in [5.74, 6) is 2.25. The Morgan fingerprint density at radius 2 is 2.33 bits per heavy atom. The van der Waals surface area contributed by atoms with E-state index in [1.165, 1.54) is 0 Å². The number of carbonyl (C=O) groups excluding carboxylic acids is 1. The third kappa shape index (κ3) is 4.69. The molecule has 0 saturated carbocycles. The van der Waals surface area contributed by atoms with Crippen molar-refractivity contribution in [1.29, 1.82) is 5.26 Å². The fourth-order valence-corrected chi connectivity index (χ4v) is 1.56. The summed E-state index contributed by atoms with van der Waals surface area (Å²) in [5, 5.41) is 11.4. The van der Waals surface area contributed by atoms with E-state index in [1.54, 1.807) is 6.07 Å². The lowest BCUT2D eigenvalue weighted by Gasteiger charge is -2.15. The Morgan fingerprint density at radius 3 is 3.00 bits per heavy atom. The molecule has 0 radical (unpaired) electrons. The summed E-state index contributed by atoms with van der Waals surface area (Å²) < 4.78 is 0. The molecule has 1 aromatic rings. The summed E-state index contributed by atoms with van der Waals surface area (Å²) in [5.41, 5.74) is 1.62. The lowest BCUT2D eigenvalue weighted by Crippen LogP contribution is -2.34. The number of hydrogen-bond acceptors (Lipinski definition) is 3. The van der Waals surface area contributed by atoms with Gasteiger partial charge in [0.25, 0.3) is 0 Å². The van der Waals surface area contributed by atoms with Crippen molar-refractivity contribution in [2.75, 3.05) is 20.1 Å². The highest BCUT2D eigenvalue weighted by Crippen LogP contribution is 2.06. The van der Waals surface area contributed by atoms with E-state index in [0.29, 0.717) is 12.1 Å². The minimum atomic E-state index is -0.105. The minimum Gasteiger partial charge on any atom is -0.344 e. The van der Waals surface area contributed by atoms with Crippen molar-refractivity contribution < 1.29 is 4.79 Å². The van der Waals surface area contributed by atoms with Gasteiger partial charge in [-0.1, -0.05) is 18.1 Å². The maximum atomic E-state index is 11.4. The molecule has 92 valence electrons. The van der Waals surface area contributed by atoms with E-state index in [0.717, 1.165) is 5.56 Å². The van der Waals surface area contributed by atoms with Crippen LogP contribution in [-0.2, 0) is 11.3 Å². The molecule has 0 aliphatic heterocycles. The quantitative estimate of drug-likeness (QED) is 0.774. The van der Waals surface area contributed by atoms with Gasteiger partial charge in [0, 0.05) is 6.54 Å². The number of rotatable bonds is 5. The molecular weight excluding hydrogens is 226 g/mol. The van der Waals surface area contributed by atoms with Crippen LogP contribution in [0.3, 0.4) is 0 Å². The van der Waals surface area contributed by atoms with Crippen LogP contribution in [0.2, 0.25) is 0 Å². The molecule has 0 bridgehead atoms. The van der Waals surface area contributed by atoms with Crippen LogP contribution >= 0.6 is 0 Å². The number of nitrogens with one attached hydrogen (secondary N) is 1. The van der Waals surface area contributed by atoms with E-state index < -0.39 is 0 Å². The number of nitrogens with zero attached hydrogens (tertiary/aromatic N) is 2. The average Bonchev–Trinajstić information content (AvgIpc) is 2.36. The Hall–Kier alpha value is -2.30. The predicted molar refractivity (Wildman–Crippen MR) is 69.3 cm³/mol. The van der Waals surface area contributed by atoms with Gasteiger partial charge in [-0.2, -0.15) is 5.26 Å². The van der Waals surface area contributed by atoms with Crippen molar-refractivity contribution in [3.8, 4) is 18.4 Å². The third-order valence-corrected chi connectivity index (χ3v) is 2.31. The van der Waals surface area contributed by atoms with Crippen molar-refractivity contribution in [2.24, 2.45) is 0 Å². The molecule has 0 aliphatic carbocycles. The van der Waals surface area contributed by atoms with E-state index in [1.807, 2.05) is 30.1 Å². The van der Waals surface area contributed by atoms with Crippen molar-refractivity contribution in [3.63, 3.8) is 0 Å². The van der Waals surface area contributed by atoms with Gasteiger partial charge in [0.1, 0.15) is 0 Å². The number of benzene rings is 1.